The molecule has 5 heteroatoms. The SMILES string of the molecule is CC/C=C\C/C=C\C/C=C\C/C=C\CCCCCOCC(COC(=O)CCCCCCC/C=C\C/C=C\CCCCC)OC(=O)CCCCCCC/C=C\C/C=C\CCCCC. The standard InChI is InChI=1S/C57H96O5/c1-4-7-10-13-16-19-22-25-28-31-34-37-40-43-46-49-52-60-53-55(62-57(59)51-48-45-42-39-36-33-30-27-24-21-18-15-12-9-6-3)54-61-56(58)50-47-44-41-38-35-32-29-26-23-20-17-14-11-8-5-2/h7,10,16-21,25-30,34,37,55H,4-6,8-9,11-15,22-24,31-33,35-36,38-54H2,1-3H3/b10-7-,19-16-,20-17-,21-18-,28-25-,29-26-,30-27-,37-34-. The van der Waals surface area contributed by atoms with E-state index in [2.05, 4.69) is 118 Å². The van der Waals surface area contributed by atoms with Gasteiger partial charge in [0.05, 0.1) is 6.61 Å². The Morgan fingerprint density at radius 3 is 1.16 bits per heavy atom. The molecule has 0 fully saturated rings. The molecular formula is C57H96O5. The van der Waals surface area contributed by atoms with E-state index < -0.39 is 6.10 Å². The van der Waals surface area contributed by atoms with Crippen molar-refractivity contribution in [2.75, 3.05) is 19.8 Å². The lowest BCUT2D eigenvalue weighted by atomic mass is 10.1. The minimum atomic E-state index is -0.571. The fourth-order valence-corrected chi connectivity index (χ4v) is 6.74. The molecular weight excluding hydrogens is 765 g/mol. The number of allylic oxidation sites excluding steroid dienone is 16. The summed E-state index contributed by atoms with van der Waals surface area (Å²) >= 11 is 0. The van der Waals surface area contributed by atoms with E-state index in [1.54, 1.807) is 0 Å². The summed E-state index contributed by atoms with van der Waals surface area (Å²) in [5.74, 6) is -0.451. The third-order valence-corrected chi connectivity index (χ3v) is 10.6. The Bertz CT molecular complexity index is 1200. The number of esters is 2. The van der Waals surface area contributed by atoms with Gasteiger partial charge < -0.3 is 14.2 Å². The molecule has 0 aliphatic carbocycles. The van der Waals surface area contributed by atoms with Gasteiger partial charge in [-0.05, 0) is 122 Å². The van der Waals surface area contributed by atoms with Crippen LogP contribution in [-0.4, -0.2) is 37.9 Å². The van der Waals surface area contributed by atoms with Gasteiger partial charge in [-0.25, -0.2) is 0 Å². The van der Waals surface area contributed by atoms with Crippen molar-refractivity contribution in [1.82, 2.24) is 0 Å². The maximum atomic E-state index is 12.8. The highest BCUT2D eigenvalue weighted by Gasteiger charge is 2.17. The maximum Gasteiger partial charge on any atom is 0.306 e. The van der Waals surface area contributed by atoms with E-state index in [0.29, 0.717) is 19.4 Å². The number of unbranched alkanes of at least 4 members (excludes halogenated alkanes) is 19. The molecule has 0 radical (unpaired) electrons. The van der Waals surface area contributed by atoms with Crippen LogP contribution in [0.25, 0.3) is 0 Å². The predicted octanol–water partition coefficient (Wildman–Crippen LogP) is 17.5. The first-order valence-electron chi connectivity index (χ1n) is 25.8. The smallest absolute Gasteiger partial charge is 0.306 e. The van der Waals surface area contributed by atoms with Gasteiger partial charge in [-0.3, -0.25) is 9.59 Å². The largest absolute Gasteiger partial charge is 0.462 e. The Morgan fingerprint density at radius 1 is 0.371 bits per heavy atom. The Morgan fingerprint density at radius 2 is 0.726 bits per heavy atom. The quantitative estimate of drug-likeness (QED) is 0.0347. The molecule has 1 atom stereocenters. The molecule has 0 aliphatic rings. The van der Waals surface area contributed by atoms with Crippen LogP contribution in [-0.2, 0) is 23.8 Å². The molecule has 0 rings (SSSR count). The summed E-state index contributed by atoms with van der Waals surface area (Å²) in [5, 5.41) is 0. The molecule has 0 saturated heterocycles. The van der Waals surface area contributed by atoms with Crippen LogP contribution in [0, 0.1) is 0 Å². The second kappa shape index (κ2) is 52.2. The van der Waals surface area contributed by atoms with E-state index in [4.69, 9.17) is 14.2 Å². The molecule has 0 aromatic rings. The normalized spacial score (nSPS) is 13.0. The summed E-state index contributed by atoms with van der Waals surface area (Å²) < 4.78 is 17.4. The lowest BCUT2D eigenvalue weighted by molar-refractivity contribution is -0.163. The first-order valence-corrected chi connectivity index (χ1v) is 25.8. The van der Waals surface area contributed by atoms with Crippen LogP contribution in [0.15, 0.2) is 97.2 Å². The molecule has 0 aromatic heterocycles. The van der Waals surface area contributed by atoms with Gasteiger partial charge >= 0.3 is 11.9 Å². The third kappa shape index (κ3) is 49.5. The summed E-state index contributed by atoms with van der Waals surface area (Å²) in [5.41, 5.74) is 0. The highest BCUT2D eigenvalue weighted by atomic mass is 16.6. The van der Waals surface area contributed by atoms with E-state index in [1.165, 1.54) is 77.0 Å². The Balaban J connectivity index is 4.40. The molecule has 0 saturated carbocycles. The molecule has 0 bridgehead atoms. The van der Waals surface area contributed by atoms with Crippen LogP contribution in [0.1, 0.15) is 226 Å². The summed E-state index contributed by atoms with van der Waals surface area (Å²) in [6.07, 6.45) is 69.8. The van der Waals surface area contributed by atoms with Crippen LogP contribution in [0.4, 0.5) is 0 Å². The Labute approximate surface area is 383 Å². The first kappa shape index (κ1) is 58.8. The minimum absolute atomic E-state index is 0.0544. The van der Waals surface area contributed by atoms with E-state index in [1.807, 2.05) is 0 Å². The second-order valence-corrected chi connectivity index (χ2v) is 16.7. The molecule has 0 heterocycles. The third-order valence-electron chi connectivity index (χ3n) is 10.6. The highest BCUT2D eigenvalue weighted by molar-refractivity contribution is 5.70. The van der Waals surface area contributed by atoms with Gasteiger partial charge in [0.2, 0.25) is 0 Å². The zero-order chi connectivity index (χ0) is 44.9. The van der Waals surface area contributed by atoms with Gasteiger partial charge in [0, 0.05) is 19.4 Å². The number of carbonyl (C=O) groups excluding carboxylic acids is 2. The first-order chi connectivity index (χ1) is 30.6. The highest BCUT2D eigenvalue weighted by Crippen LogP contribution is 2.12. The molecule has 0 spiro atoms. The average Bonchev–Trinajstić information content (AvgIpc) is 3.27. The van der Waals surface area contributed by atoms with Crippen molar-refractivity contribution >= 4 is 11.9 Å². The van der Waals surface area contributed by atoms with E-state index in [9.17, 15) is 9.59 Å². The second-order valence-electron chi connectivity index (χ2n) is 16.7. The molecule has 354 valence electrons. The van der Waals surface area contributed by atoms with Crippen molar-refractivity contribution in [1.29, 1.82) is 0 Å². The number of hydrogen-bond donors (Lipinski definition) is 0. The number of carbonyl (C=O) groups is 2. The maximum absolute atomic E-state index is 12.8. The fraction of sp³-hybridized carbons (Fsp3) is 0.684. The molecule has 5 nitrogen and oxygen atoms in total. The van der Waals surface area contributed by atoms with Crippen molar-refractivity contribution in [3.8, 4) is 0 Å². The summed E-state index contributed by atoms with van der Waals surface area (Å²) in [4.78, 5) is 25.4. The predicted molar refractivity (Wildman–Crippen MR) is 270 cm³/mol. The van der Waals surface area contributed by atoms with Crippen LogP contribution >= 0.6 is 0 Å². The van der Waals surface area contributed by atoms with E-state index >= 15 is 0 Å². The molecule has 0 amide bonds. The van der Waals surface area contributed by atoms with Gasteiger partial charge in [0.15, 0.2) is 6.10 Å². The van der Waals surface area contributed by atoms with Gasteiger partial charge in [0.25, 0.3) is 0 Å². The Kier molecular flexibility index (Phi) is 49.5. The van der Waals surface area contributed by atoms with E-state index in [-0.39, 0.29) is 25.2 Å². The van der Waals surface area contributed by atoms with Crippen LogP contribution < -0.4 is 0 Å². The van der Waals surface area contributed by atoms with Crippen molar-refractivity contribution in [3.63, 3.8) is 0 Å². The zero-order valence-corrected chi connectivity index (χ0v) is 40.6. The molecule has 0 aromatic carbocycles. The van der Waals surface area contributed by atoms with Crippen LogP contribution in [0.2, 0.25) is 0 Å². The van der Waals surface area contributed by atoms with Crippen molar-refractivity contribution in [2.24, 2.45) is 0 Å². The molecule has 1 unspecified atom stereocenters. The number of rotatable bonds is 46. The van der Waals surface area contributed by atoms with Crippen LogP contribution in [0.3, 0.4) is 0 Å². The summed E-state index contributed by atoms with van der Waals surface area (Å²) in [6, 6.07) is 0. The van der Waals surface area contributed by atoms with Crippen molar-refractivity contribution in [2.45, 2.75) is 232 Å². The topological polar surface area (TPSA) is 61.8 Å². The molecule has 62 heavy (non-hydrogen) atoms. The monoisotopic (exact) mass is 861 g/mol. The van der Waals surface area contributed by atoms with Gasteiger partial charge in [0.1, 0.15) is 6.61 Å². The van der Waals surface area contributed by atoms with Gasteiger partial charge in [-0.2, -0.15) is 0 Å². The summed E-state index contributed by atoms with van der Waals surface area (Å²) in [7, 11) is 0. The van der Waals surface area contributed by atoms with Crippen molar-refractivity contribution < 1.29 is 23.8 Å². The lowest BCUT2D eigenvalue weighted by Crippen LogP contribution is -2.30. The molecule has 0 aliphatic heterocycles. The zero-order valence-electron chi connectivity index (χ0n) is 40.6. The fourth-order valence-electron chi connectivity index (χ4n) is 6.74. The minimum Gasteiger partial charge on any atom is -0.462 e. The number of ether oxygens (including phenoxy) is 3. The van der Waals surface area contributed by atoms with E-state index in [0.717, 1.165) is 116 Å². The lowest BCUT2D eigenvalue weighted by Gasteiger charge is -2.18. The number of hydrogen-bond acceptors (Lipinski definition) is 5. The average molecular weight is 861 g/mol. The Hall–Kier alpha value is -3.18. The van der Waals surface area contributed by atoms with Crippen LogP contribution in [0.5, 0.6) is 0 Å². The van der Waals surface area contributed by atoms with Gasteiger partial charge in [-0.1, -0.05) is 189 Å². The van der Waals surface area contributed by atoms with Gasteiger partial charge in [-0.15, -0.1) is 0 Å². The summed E-state index contributed by atoms with van der Waals surface area (Å²) in [6.45, 7) is 7.56. The van der Waals surface area contributed by atoms with Crippen molar-refractivity contribution in [3.05, 3.63) is 97.2 Å². The molecule has 0 N–H and O–H groups in total.